The van der Waals surface area contributed by atoms with Crippen LogP contribution >= 0.6 is 0 Å². The van der Waals surface area contributed by atoms with Gasteiger partial charge < -0.3 is 13.7 Å². The number of nitriles is 1. The quantitative estimate of drug-likeness (QED) is 0.161. The predicted molar refractivity (Wildman–Crippen MR) is 99.6 cm³/mol. The van der Waals surface area contributed by atoms with Crippen LogP contribution in [0.15, 0.2) is 36.2 Å². The number of carbonyl (C=O) groups excluding carboxylic acids is 2. The number of benzene rings is 1. The van der Waals surface area contributed by atoms with E-state index in [1.807, 2.05) is 0 Å². The molecule has 1 aromatic heterocycles. The summed E-state index contributed by atoms with van der Waals surface area (Å²) in [6.07, 6.45) is 0.146. The van der Waals surface area contributed by atoms with Gasteiger partial charge in [-0.15, -0.1) is 0 Å². The van der Waals surface area contributed by atoms with Crippen LogP contribution in [0.25, 0.3) is 16.5 Å². The van der Waals surface area contributed by atoms with Gasteiger partial charge in [-0.2, -0.15) is 26.9 Å². The van der Waals surface area contributed by atoms with Gasteiger partial charge in [-0.3, -0.25) is 4.57 Å². The molecule has 2 rings (SSSR count). The molecule has 1 aromatic carbocycles. The number of carbonyl (C=O) groups is 2. The van der Waals surface area contributed by atoms with Crippen LogP contribution in [0.3, 0.4) is 0 Å². The highest BCUT2D eigenvalue weighted by Crippen LogP contribution is 2.33. The molecule has 0 aliphatic heterocycles. The Morgan fingerprint density at radius 3 is 2.29 bits per heavy atom. The third kappa shape index (κ3) is 4.80. The highest BCUT2D eigenvalue weighted by Gasteiger charge is 2.50. The Morgan fingerprint density at radius 2 is 1.74 bits per heavy atom. The van der Waals surface area contributed by atoms with Crippen LogP contribution in [0.4, 0.5) is 18.0 Å². The zero-order valence-electron chi connectivity index (χ0n) is 16.1. The van der Waals surface area contributed by atoms with E-state index < -0.39 is 39.0 Å². The van der Waals surface area contributed by atoms with E-state index in [0.717, 1.165) is 10.8 Å². The first kappa shape index (κ1) is 23.7. The summed E-state index contributed by atoms with van der Waals surface area (Å²) in [6.45, 7) is 2.51. The van der Waals surface area contributed by atoms with Gasteiger partial charge >= 0.3 is 27.7 Å². The molecule has 0 atom stereocenters. The van der Waals surface area contributed by atoms with Crippen molar-refractivity contribution in [3.8, 4) is 6.07 Å². The van der Waals surface area contributed by atoms with E-state index in [4.69, 9.17) is 4.74 Å². The molecule has 0 radical (unpaired) electrons. The van der Waals surface area contributed by atoms with Gasteiger partial charge in [-0.25, -0.2) is 9.59 Å². The maximum absolute atomic E-state index is 12.8. The summed E-state index contributed by atoms with van der Waals surface area (Å²) in [5, 5.41) is 9.72. The van der Waals surface area contributed by atoms with E-state index in [-0.39, 0.29) is 29.7 Å². The number of fused-ring (bicyclic) bond motifs is 1. The Kier molecular flexibility index (Phi) is 6.96. The highest BCUT2D eigenvalue weighted by atomic mass is 32.2. The average Bonchev–Trinajstić information content (AvgIpc) is 3.07. The number of alkyl halides is 3. The number of hydrogen-bond acceptors (Lipinski definition) is 8. The second-order valence-corrected chi connectivity index (χ2v) is 7.19. The summed E-state index contributed by atoms with van der Waals surface area (Å²) in [5.41, 5.74) is -6.81. The van der Waals surface area contributed by atoms with Crippen molar-refractivity contribution in [1.29, 1.82) is 5.26 Å². The third-order valence-corrected chi connectivity index (χ3v) is 4.68. The molecule has 0 N–H and O–H groups in total. The number of hydrogen-bond donors (Lipinski definition) is 0. The topological polar surface area (TPSA) is 125 Å². The van der Waals surface area contributed by atoms with Crippen molar-refractivity contribution in [1.82, 2.24) is 4.57 Å². The molecule has 0 saturated carbocycles. The number of ether oxygens (including phenoxy) is 2. The third-order valence-electron chi connectivity index (χ3n) is 3.72. The van der Waals surface area contributed by atoms with Gasteiger partial charge in [0.15, 0.2) is 0 Å². The molecule has 2 aromatic rings. The van der Waals surface area contributed by atoms with Gasteiger partial charge in [0.05, 0.1) is 18.7 Å². The summed E-state index contributed by atoms with van der Waals surface area (Å²) >= 11 is 0. The summed E-state index contributed by atoms with van der Waals surface area (Å²) in [5.74, 6) is -3.10. The number of aromatic nitrogens is 1. The SMILES string of the molecule is CCOC(=O)/C(OS(=O)(=O)C(F)(F)F)=C(\C#N)c1cn(C(=O)OCC)c2ccccc12. The second kappa shape index (κ2) is 9.09. The maximum atomic E-state index is 12.8. The lowest BCUT2D eigenvalue weighted by molar-refractivity contribution is -0.141. The number of nitrogens with zero attached hydrogens (tertiary/aromatic N) is 2. The molecule has 13 heteroatoms. The zero-order chi connectivity index (χ0) is 23.4. The molecule has 0 spiro atoms. The largest absolute Gasteiger partial charge is 0.534 e. The van der Waals surface area contributed by atoms with Crippen LogP contribution in [0, 0.1) is 11.3 Å². The van der Waals surface area contributed by atoms with Crippen LogP contribution in [0.1, 0.15) is 19.4 Å². The van der Waals surface area contributed by atoms with E-state index in [2.05, 4.69) is 8.92 Å². The zero-order valence-corrected chi connectivity index (χ0v) is 16.9. The van der Waals surface area contributed by atoms with Crippen molar-refractivity contribution >= 4 is 38.7 Å². The number of para-hydroxylation sites is 1. The van der Waals surface area contributed by atoms with E-state index in [9.17, 15) is 36.4 Å². The maximum Gasteiger partial charge on any atom is 0.534 e. The Morgan fingerprint density at radius 1 is 1.13 bits per heavy atom. The molecule has 0 aliphatic rings. The number of rotatable bonds is 6. The normalized spacial score (nSPS) is 12.6. The second-order valence-electron chi connectivity index (χ2n) is 5.65. The minimum atomic E-state index is -6.30. The van der Waals surface area contributed by atoms with Crippen LogP contribution in [0.5, 0.6) is 0 Å². The van der Waals surface area contributed by atoms with E-state index in [0.29, 0.717) is 0 Å². The van der Waals surface area contributed by atoms with Crippen molar-refractivity contribution in [3.63, 3.8) is 0 Å². The van der Waals surface area contributed by atoms with Crippen molar-refractivity contribution in [2.45, 2.75) is 19.4 Å². The number of esters is 1. The monoisotopic (exact) mass is 460 g/mol. The van der Waals surface area contributed by atoms with Crippen molar-refractivity contribution < 1.29 is 44.8 Å². The number of allylic oxidation sites excluding steroid dienone is 1. The molecule has 0 bridgehead atoms. The standard InChI is InChI=1S/C18H15F3N2O7S/c1-3-28-16(24)15(30-31(26,27)18(19,20)21)12(9-22)13-10-23(17(25)29-4-2)14-8-6-5-7-11(13)14/h5-8,10H,3-4H2,1-2H3/b15-12-. The van der Waals surface area contributed by atoms with Crippen LogP contribution in [-0.2, 0) is 28.6 Å². The summed E-state index contributed by atoms with van der Waals surface area (Å²) in [7, 11) is -6.30. The van der Waals surface area contributed by atoms with Crippen molar-refractivity contribution in [2.24, 2.45) is 0 Å². The van der Waals surface area contributed by atoms with Gasteiger partial charge in [0.2, 0.25) is 5.76 Å². The molecule has 9 nitrogen and oxygen atoms in total. The molecule has 31 heavy (non-hydrogen) atoms. The van der Waals surface area contributed by atoms with Gasteiger partial charge in [0.25, 0.3) is 0 Å². The summed E-state index contributed by atoms with van der Waals surface area (Å²) < 4.78 is 75.9. The Labute approximate surface area is 174 Å². The van der Waals surface area contributed by atoms with E-state index in [1.165, 1.54) is 37.3 Å². The fourth-order valence-corrected chi connectivity index (χ4v) is 2.95. The first-order valence-corrected chi connectivity index (χ1v) is 9.99. The molecule has 0 amide bonds. The Bertz CT molecular complexity index is 1190. The predicted octanol–water partition coefficient (Wildman–Crippen LogP) is 3.31. The summed E-state index contributed by atoms with van der Waals surface area (Å²) in [4.78, 5) is 24.4. The lowest BCUT2D eigenvalue weighted by atomic mass is 10.0. The minimum Gasteiger partial charge on any atom is -0.460 e. The van der Waals surface area contributed by atoms with E-state index in [1.54, 1.807) is 6.92 Å². The average molecular weight is 460 g/mol. The summed E-state index contributed by atoms with van der Waals surface area (Å²) in [6, 6.07) is 7.34. The highest BCUT2D eigenvalue weighted by molar-refractivity contribution is 7.87. The first-order valence-electron chi connectivity index (χ1n) is 8.58. The van der Waals surface area contributed by atoms with Gasteiger partial charge in [-0.05, 0) is 19.9 Å². The van der Waals surface area contributed by atoms with Crippen LogP contribution in [0.2, 0.25) is 0 Å². The number of halogens is 3. The van der Waals surface area contributed by atoms with Gasteiger partial charge in [-0.1, -0.05) is 18.2 Å². The lowest BCUT2D eigenvalue weighted by Gasteiger charge is -2.13. The van der Waals surface area contributed by atoms with E-state index >= 15 is 0 Å². The lowest BCUT2D eigenvalue weighted by Crippen LogP contribution is -2.28. The Balaban J connectivity index is 2.84. The smallest absolute Gasteiger partial charge is 0.460 e. The van der Waals surface area contributed by atoms with Gasteiger partial charge in [0, 0.05) is 17.1 Å². The Hall–Kier alpha value is -3.53. The van der Waals surface area contributed by atoms with Crippen molar-refractivity contribution in [3.05, 3.63) is 41.8 Å². The fraction of sp³-hybridized carbons (Fsp3) is 0.278. The molecular weight excluding hydrogens is 445 g/mol. The minimum absolute atomic E-state index is 0.00261. The molecule has 0 unspecified atom stereocenters. The van der Waals surface area contributed by atoms with Crippen molar-refractivity contribution in [2.75, 3.05) is 13.2 Å². The molecule has 0 fully saturated rings. The molecule has 0 aliphatic carbocycles. The fourth-order valence-electron chi connectivity index (χ4n) is 2.49. The first-order chi connectivity index (χ1) is 14.5. The van der Waals surface area contributed by atoms with Crippen LogP contribution in [-0.4, -0.2) is 43.8 Å². The molecular formula is C18H15F3N2O7S. The molecule has 1 heterocycles. The van der Waals surface area contributed by atoms with Gasteiger partial charge in [0.1, 0.15) is 11.6 Å². The molecule has 166 valence electrons. The van der Waals surface area contributed by atoms with Crippen LogP contribution < -0.4 is 0 Å². The molecule has 0 saturated heterocycles.